The van der Waals surface area contributed by atoms with Crippen LogP contribution in [0.2, 0.25) is 0 Å². The van der Waals surface area contributed by atoms with Gasteiger partial charge in [0.25, 0.3) is 11.7 Å². The molecule has 1 atom stereocenters. The number of likely N-dealkylation sites (tertiary alicyclic amines) is 1. The van der Waals surface area contributed by atoms with E-state index in [1.165, 1.54) is 0 Å². The first-order valence-corrected chi connectivity index (χ1v) is 9.52. The second-order valence-corrected chi connectivity index (χ2v) is 7.36. The Kier molecular flexibility index (Phi) is 3.85. The molecule has 1 saturated heterocycles. The van der Waals surface area contributed by atoms with Gasteiger partial charge in [-0.15, -0.1) is 5.10 Å². The van der Waals surface area contributed by atoms with E-state index in [9.17, 15) is 4.79 Å². The van der Waals surface area contributed by atoms with Gasteiger partial charge in [0.15, 0.2) is 0 Å². The van der Waals surface area contributed by atoms with E-state index in [4.69, 9.17) is 0 Å². The van der Waals surface area contributed by atoms with E-state index >= 15 is 0 Å². The van der Waals surface area contributed by atoms with Crippen LogP contribution in [0.25, 0.3) is 16.8 Å². The third-order valence-electron chi connectivity index (χ3n) is 5.39. The normalized spacial score (nSPS) is 17.1. The van der Waals surface area contributed by atoms with Crippen LogP contribution in [0.1, 0.15) is 34.8 Å². The number of aromatic nitrogens is 6. The van der Waals surface area contributed by atoms with E-state index in [0.717, 1.165) is 48.4 Å². The number of nitrogens with zero attached hydrogens (tertiary/aromatic N) is 7. The first-order chi connectivity index (χ1) is 13.6. The van der Waals surface area contributed by atoms with Crippen molar-refractivity contribution >= 4 is 22.7 Å². The Balaban J connectivity index is 1.44. The zero-order valence-corrected chi connectivity index (χ0v) is 15.9. The molecule has 1 aliphatic rings. The zero-order chi connectivity index (χ0) is 19.3. The fourth-order valence-corrected chi connectivity index (χ4v) is 4.02. The number of para-hydroxylation sites is 2. The minimum absolute atomic E-state index is 0.102. The molecule has 0 aliphatic carbocycles. The lowest BCUT2D eigenvalue weighted by Gasteiger charge is -2.24. The minimum atomic E-state index is -0.132. The van der Waals surface area contributed by atoms with Crippen LogP contribution >= 0.6 is 0 Å². The number of hydrogen-bond donors (Lipinski definition) is 0. The van der Waals surface area contributed by atoms with Gasteiger partial charge >= 0.3 is 0 Å². The number of fused-ring (bicyclic) bond motifs is 2. The van der Waals surface area contributed by atoms with Crippen LogP contribution in [-0.4, -0.2) is 52.5 Å². The number of amides is 1. The summed E-state index contributed by atoms with van der Waals surface area (Å²) in [6.45, 7) is 5.39. The van der Waals surface area contributed by atoms with E-state index in [2.05, 4.69) is 30.7 Å². The molecule has 1 aliphatic heterocycles. The van der Waals surface area contributed by atoms with Crippen LogP contribution in [0.4, 0.5) is 0 Å². The lowest BCUT2D eigenvalue weighted by Crippen LogP contribution is -2.38. The van der Waals surface area contributed by atoms with Gasteiger partial charge in [-0.1, -0.05) is 12.1 Å². The molecule has 0 N–H and O–H groups in total. The van der Waals surface area contributed by atoms with Crippen molar-refractivity contribution in [2.45, 2.75) is 39.3 Å². The van der Waals surface area contributed by atoms with Crippen molar-refractivity contribution in [1.29, 1.82) is 0 Å². The quantitative estimate of drug-likeness (QED) is 0.549. The number of carbonyl (C=O) groups is 1. The second kappa shape index (κ2) is 6.40. The minimum Gasteiger partial charge on any atom is -0.331 e. The molecule has 1 amide bonds. The van der Waals surface area contributed by atoms with Crippen molar-refractivity contribution in [3.63, 3.8) is 0 Å². The molecule has 0 radical (unpaired) electrons. The molecule has 142 valence electrons. The topological polar surface area (TPSA) is 81.2 Å². The summed E-state index contributed by atoms with van der Waals surface area (Å²) in [5, 5.41) is 4.35. The molecular formula is C20H21N7O. The van der Waals surface area contributed by atoms with E-state index < -0.39 is 0 Å². The summed E-state index contributed by atoms with van der Waals surface area (Å²) in [6.07, 6.45) is 5.49. The number of carbonyl (C=O) groups excluding carboxylic acids is 1. The molecular weight excluding hydrogens is 354 g/mol. The number of rotatable bonds is 3. The third-order valence-corrected chi connectivity index (χ3v) is 5.39. The van der Waals surface area contributed by atoms with Gasteiger partial charge in [0.05, 0.1) is 17.1 Å². The lowest BCUT2D eigenvalue weighted by molar-refractivity contribution is 0.0712. The maximum Gasteiger partial charge on any atom is 0.293 e. The van der Waals surface area contributed by atoms with Crippen LogP contribution in [0.3, 0.4) is 0 Å². The molecule has 8 heteroatoms. The Hall–Kier alpha value is -3.29. The standard InChI is InChI=1S/C20H21N7O/c1-13-10-21-20-23-18(24-27(20)11-13)19(28)25-9-5-6-15(25)12-26-14(2)22-16-7-3-4-8-17(16)26/h3-4,7-8,10-11,15H,5-6,9,12H2,1-2H3. The number of benzene rings is 1. The Morgan fingerprint density at radius 1 is 1.21 bits per heavy atom. The van der Waals surface area contributed by atoms with Gasteiger partial charge < -0.3 is 9.47 Å². The third kappa shape index (κ3) is 2.72. The van der Waals surface area contributed by atoms with Gasteiger partial charge in [0.1, 0.15) is 5.82 Å². The van der Waals surface area contributed by atoms with Crippen molar-refractivity contribution in [1.82, 2.24) is 34.0 Å². The molecule has 0 bridgehead atoms. The van der Waals surface area contributed by atoms with E-state index in [0.29, 0.717) is 5.78 Å². The summed E-state index contributed by atoms with van der Waals surface area (Å²) in [5.41, 5.74) is 3.06. The van der Waals surface area contributed by atoms with Crippen LogP contribution in [0.5, 0.6) is 0 Å². The van der Waals surface area contributed by atoms with Crippen LogP contribution in [-0.2, 0) is 6.54 Å². The smallest absolute Gasteiger partial charge is 0.293 e. The van der Waals surface area contributed by atoms with Crippen LogP contribution in [0.15, 0.2) is 36.7 Å². The fraction of sp³-hybridized carbons (Fsp3) is 0.350. The lowest BCUT2D eigenvalue weighted by atomic mass is 10.2. The highest BCUT2D eigenvalue weighted by molar-refractivity contribution is 5.91. The van der Waals surface area contributed by atoms with Gasteiger partial charge in [-0.25, -0.2) is 14.5 Å². The van der Waals surface area contributed by atoms with Gasteiger partial charge in [-0.3, -0.25) is 4.79 Å². The summed E-state index contributed by atoms with van der Waals surface area (Å²) in [4.78, 5) is 28.2. The maximum absolute atomic E-state index is 13.1. The Labute approximate surface area is 161 Å². The van der Waals surface area contributed by atoms with E-state index in [-0.39, 0.29) is 17.8 Å². The second-order valence-electron chi connectivity index (χ2n) is 7.36. The van der Waals surface area contributed by atoms with Crippen LogP contribution < -0.4 is 0 Å². The van der Waals surface area contributed by atoms with Crippen molar-refractivity contribution in [2.24, 2.45) is 0 Å². The van der Waals surface area contributed by atoms with Gasteiger partial charge in [-0.2, -0.15) is 4.98 Å². The molecule has 1 fully saturated rings. The predicted octanol–water partition coefficient (Wildman–Crippen LogP) is 2.40. The van der Waals surface area contributed by atoms with Gasteiger partial charge in [0.2, 0.25) is 5.82 Å². The van der Waals surface area contributed by atoms with Crippen molar-refractivity contribution in [3.05, 3.63) is 53.9 Å². The Morgan fingerprint density at radius 2 is 2.07 bits per heavy atom. The molecule has 4 heterocycles. The summed E-state index contributed by atoms with van der Waals surface area (Å²) in [7, 11) is 0. The number of hydrogen-bond acceptors (Lipinski definition) is 5. The molecule has 3 aromatic heterocycles. The fourth-order valence-electron chi connectivity index (χ4n) is 4.02. The van der Waals surface area contributed by atoms with Crippen molar-refractivity contribution < 1.29 is 4.79 Å². The Morgan fingerprint density at radius 3 is 2.96 bits per heavy atom. The average molecular weight is 375 g/mol. The predicted molar refractivity (Wildman–Crippen MR) is 104 cm³/mol. The summed E-state index contributed by atoms with van der Waals surface area (Å²) < 4.78 is 3.77. The molecule has 1 unspecified atom stereocenters. The largest absolute Gasteiger partial charge is 0.331 e. The maximum atomic E-state index is 13.1. The van der Waals surface area contributed by atoms with E-state index in [1.807, 2.05) is 43.1 Å². The highest BCUT2D eigenvalue weighted by Gasteiger charge is 2.32. The SMILES string of the molecule is Cc1cnc2nc(C(=O)N3CCCC3Cn3c(C)nc4ccccc43)nn2c1. The Bertz CT molecular complexity index is 1190. The number of imidazole rings is 1. The molecule has 0 spiro atoms. The van der Waals surface area contributed by atoms with Crippen molar-refractivity contribution in [3.8, 4) is 0 Å². The summed E-state index contributed by atoms with van der Waals surface area (Å²) in [5.74, 6) is 1.48. The first-order valence-electron chi connectivity index (χ1n) is 9.52. The summed E-state index contributed by atoms with van der Waals surface area (Å²) in [6, 6.07) is 8.22. The van der Waals surface area contributed by atoms with Gasteiger partial charge in [-0.05, 0) is 44.4 Å². The van der Waals surface area contributed by atoms with Crippen LogP contribution in [0, 0.1) is 13.8 Å². The monoisotopic (exact) mass is 375 g/mol. The highest BCUT2D eigenvalue weighted by atomic mass is 16.2. The number of aryl methyl sites for hydroxylation is 2. The molecule has 0 saturated carbocycles. The molecule has 4 aromatic rings. The summed E-state index contributed by atoms with van der Waals surface area (Å²) >= 11 is 0. The van der Waals surface area contributed by atoms with E-state index in [1.54, 1.807) is 10.7 Å². The van der Waals surface area contributed by atoms with Gasteiger partial charge in [0, 0.05) is 25.5 Å². The molecule has 8 nitrogen and oxygen atoms in total. The average Bonchev–Trinajstić information content (AvgIpc) is 3.39. The van der Waals surface area contributed by atoms with Crippen molar-refractivity contribution in [2.75, 3.05) is 6.54 Å². The zero-order valence-electron chi connectivity index (χ0n) is 15.9. The molecule has 1 aromatic carbocycles. The first kappa shape index (κ1) is 16.9. The molecule has 28 heavy (non-hydrogen) atoms. The highest BCUT2D eigenvalue weighted by Crippen LogP contribution is 2.24. The molecule has 5 rings (SSSR count).